The Kier molecular flexibility index (Phi) is 6.23. The van der Waals surface area contributed by atoms with Gasteiger partial charge in [0.05, 0.1) is 11.0 Å². The maximum atomic E-state index is 6.55. The van der Waals surface area contributed by atoms with Gasteiger partial charge in [0.25, 0.3) is 0 Å². The smallest absolute Gasteiger partial charge is 0.168 e. The maximum Gasteiger partial charge on any atom is 0.168 e. The molecule has 0 radical (unpaired) electrons. The first-order valence-electron chi connectivity index (χ1n) is 15.0. The molecule has 3 aromatic heterocycles. The number of pyridine rings is 1. The van der Waals surface area contributed by atoms with E-state index in [4.69, 9.17) is 9.72 Å². The molecule has 0 aliphatic carbocycles. The predicted molar refractivity (Wildman–Crippen MR) is 180 cm³/mol. The number of nitrogens with zero attached hydrogens (tertiary/aromatic N) is 4. The van der Waals surface area contributed by atoms with Crippen LogP contribution in [0.2, 0.25) is 0 Å². The standard InChI is InChI=1S/C39H31N4O/c1-27(2)28-21-22-40-39(23-28)43-35-16-7-6-15-33(35)34-20-19-32(25-38(34)43)44-31-14-10-13-30(24-31)42-26-41(29-11-4-3-5-12-29)36-17-8-9-18-37(36)42/h3-27H,1-2H3/q+1. The highest BCUT2D eigenvalue weighted by Gasteiger charge is 2.18. The van der Waals surface area contributed by atoms with Crippen LogP contribution >= 0.6 is 0 Å². The predicted octanol–water partition coefficient (Wildman–Crippen LogP) is 10.1. The Bertz CT molecular complexity index is 2300. The van der Waals surface area contributed by atoms with E-state index in [0.29, 0.717) is 5.92 Å². The zero-order chi connectivity index (χ0) is 29.6. The maximum absolute atomic E-state index is 6.55. The van der Waals surface area contributed by atoms with Gasteiger partial charge in [0.15, 0.2) is 17.4 Å². The van der Waals surface area contributed by atoms with E-state index in [0.717, 1.165) is 50.8 Å². The number of fused-ring (bicyclic) bond motifs is 4. The van der Waals surface area contributed by atoms with Crippen LogP contribution < -0.4 is 4.74 Å². The number of ether oxygens (including phenoxy) is 1. The first kappa shape index (κ1) is 26.0. The van der Waals surface area contributed by atoms with E-state index in [9.17, 15) is 0 Å². The molecule has 0 saturated carbocycles. The lowest BCUT2D eigenvalue weighted by Crippen LogP contribution is -1.99. The molecular formula is C39H31N4O+. The number of para-hydroxylation sites is 4. The van der Waals surface area contributed by atoms with Gasteiger partial charge >= 0.3 is 0 Å². The molecule has 0 unspecified atom stereocenters. The SMILES string of the molecule is CC(C)c1ccnc(-n2c3ccccc3c3ccc(Oc4cccc(-n5[cH+]n(-c6ccccc6)c6ccccc65)c4)cc32)c1. The molecule has 0 spiro atoms. The molecule has 44 heavy (non-hydrogen) atoms. The second-order valence-corrected chi connectivity index (χ2v) is 11.4. The number of aromatic nitrogens is 4. The molecule has 8 aromatic rings. The van der Waals surface area contributed by atoms with Crippen molar-refractivity contribution in [3.05, 3.63) is 152 Å². The third-order valence-electron chi connectivity index (χ3n) is 8.31. The normalized spacial score (nSPS) is 11.6. The topological polar surface area (TPSA) is 36.9 Å². The zero-order valence-corrected chi connectivity index (χ0v) is 24.6. The van der Waals surface area contributed by atoms with Crippen molar-refractivity contribution in [2.45, 2.75) is 19.8 Å². The molecule has 5 aromatic carbocycles. The fraction of sp³-hybridized carbons (Fsp3) is 0.0769. The molecule has 0 atom stereocenters. The molecule has 212 valence electrons. The van der Waals surface area contributed by atoms with E-state index in [-0.39, 0.29) is 0 Å². The average molecular weight is 572 g/mol. The van der Waals surface area contributed by atoms with Gasteiger partial charge in [-0.25, -0.2) is 4.98 Å². The van der Waals surface area contributed by atoms with Crippen LogP contribution in [0.1, 0.15) is 25.3 Å². The Balaban J connectivity index is 1.21. The van der Waals surface area contributed by atoms with Gasteiger partial charge < -0.3 is 4.74 Å². The van der Waals surface area contributed by atoms with Crippen molar-refractivity contribution in [1.29, 1.82) is 0 Å². The van der Waals surface area contributed by atoms with Crippen LogP contribution in [0.3, 0.4) is 0 Å². The highest BCUT2D eigenvalue weighted by atomic mass is 16.5. The van der Waals surface area contributed by atoms with E-state index >= 15 is 0 Å². The summed E-state index contributed by atoms with van der Waals surface area (Å²) in [6, 6.07) is 46.3. The quantitative estimate of drug-likeness (QED) is 0.186. The molecule has 8 rings (SSSR count). The van der Waals surface area contributed by atoms with Gasteiger partial charge in [-0.05, 0) is 72.1 Å². The van der Waals surface area contributed by atoms with Gasteiger partial charge in [0.1, 0.15) is 28.7 Å². The summed E-state index contributed by atoms with van der Waals surface area (Å²) in [4.78, 5) is 4.79. The lowest BCUT2D eigenvalue weighted by atomic mass is 10.1. The van der Waals surface area contributed by atoms with Crippen LogP contribution in [-0.2, 0) is 0 Å². The van der Waals surface area contributed by atoms with Crippen LogP contribution in [0.5, 0.6) is 11.5 Å². The molecular weight excluding hydrogens is 540 g/mol. The van der Waals surface area contributed by atoms with E-state index in [1.165, 1.54) is 16.3 Å². The summed E-state index contributed by atoms with van der Waals surface area (Å²) < 4.78 is 13.2. The van der Waals surface area contributed by atoms with Gasteiger partial charge in [-0.3, -0.25) is 4.57 Å². The molecule has 0 amide bonds. The highest BCUT2D eigenvalue weighted by Crippen LogP contribution is 2.36. The molecule has 0 fully saturated rings. The number of imidazole rings is 1. The molecule has 0 saturated heterocycles. The van der Waals surface area contributed by atoms with Crippen molar-refractivity contribution in [3.63, 3.8) is 0 Å². The molecule has 5 nitrogen and oxygen atoms in total. The molecule has 0 aliphatic rings. The van der Waals surface area contributed by atoms with Crippen LogP contribution in [0.25, 0.3) is 50.0 Å². The largest absolute Gasteiger partial charge is 0.456 e. The minimum Gasteiger partial charge on any atom is -0.456 e. The van der Waals surface area contributed by atoms with Gasteiger partial charge in [-0.1, -0.05) is 62.4 Å². The summed E-state index contributed by atoms with van der Waals surface area (Å²) in [7, 11) is 0. The lowest BCUT2D eigenvalue weighted by molar-refractivity contribution is 0.483. The number of rotatable bonds is 6. The summed E-state index contributed by atoms with van der Waals surface area (Å²) in [5.41, 5.74) is 7.85. The van der Waals surface area contributed by atoms with Gasteiger partial charge in [0.2, 0.25) is 0 Å². The summed E-state index contributed by atoms with van der Waals surface area (Å²) in [6.45, 7) is 4.42. The molecule has 5 heteroatoms. The number of hydrogen-bond donors (Lipinski definition) is 0. The van der Waals surface area contributed by atoms with Gasteiger partial charge in [-0.15, -0.1) is 0 Å². The van der Waals surface area contributed by atoms with Gasteiger partial charge in [-0.2, -0.15) is 9.13 Å². The molecule has 0 bridgehead atoms. The van der Waals surface area contributed by atoms with Gasteiger partial charge in [0, 0.05) is 41.2 Å². The summed E-state index contributed by atoms with van der Waals surface area (Å²) >= 11 is 0. The van der Waals surface area contributed by atoms with Crippen molar-refractivity contribution in [3.8, 4) is 28.7 Å². The number of hydrogen-bond acceptors (Lipinski definition) is 2. The van der Waals surface area contributed by atoms with Crippen molar-refractivity contribution in [2.24, 2.45) is 0 Å². The van der Waals surface area contributed by atoms with Crippen LogP contribution in [-0.4, -0.2) is 18.7 Å². The average Bonchev–Trinajstić information content (AvgIpc) is 3.61. The Morgan fingerprint density at radius 3 is 2.02 bits per heavy atom. The Morgan fingerprint density at radius 1 is 0.568 bits per heavy atom. The minimum atomic E-state index is 0.413. The first-order chi connectivity index (χ1) is 21.6. The highest BCUT2D eigenvalue weighted by molar-refractivity contribution is 6.09. The van der Waals surface area contributed by atoms with Crippen LogP contribution in [0.15, 0.2) is 146 Å². The van der Waals surface area contributed by atoms with Crippen molar-refractivity contribution < 1.29 is 4.74 Å². The fourth-order valence-corrected chi connectivity index (χ4v) is 6.12. The summed E-state index contributed by atoms with van der Waals surface area (Å²) in [5.74, 6) is 2.87. The summed E-state index contributed by atoms with van der Waals surface area (Å²) in [6.07, 6.45) is 4.05. The minimum absolute atomic E-state index is 0.413. The monoisotopic (exact) mass is 571 g/mol. The van der Waals surface area contributed by atoms with Crippen LogP contribution in [0, 0.1) is 0 Å². The van der Waals surface area contributed by atoms with Crippen molar-refractivity contribution in [1.82, 2.24) is 18.7 Å². The molecule has 0 N–H and O–H groups in total. The third-order valence-corrected chi connectivity index (χ3v) is 8.31. The zero-order valence-electron chi connectivity index (χ0n) is 24.6. The Labute approximate surface area is 255 Å². The second-order valence-electron chi connectivity index (χ2n) is 11.4. The van der Waals surface area contributed by atoms with E-state index in [1.54, 1.807) is 0 Å². The Hall–Kier alpha value is -5.68. The molecule has 0 aliphatic heterocycles. The van der Waals surface area contributed by atoms with E-state index in [2.05, 4.69) is 149 Å². The Morgan fingerprint density at radius 2 is 1.23 bits per heavy atom. The third kappa shape index (κ3) is 4.41. The van der Waals surface area contributed by atoms with Crippen molar-refractivity contribution >= 4 is 32.8 Å². The van der Waals surface area contributed by atoms with Crippen LogP contribution in [0.4, 0.5) is 0 Å². The summed E-state index contributed by atoms with van der Waals surface area (Å²) in [5, 5.41) is 2.36. The second kappa shape index (κ2) is 10.5. The molecule has 3 heterocycles. The fourth-order valence-electron chi connectivity index (χ4n) is 6.12. The number of benzene rings is 5. The van der Waals surface area contributed by atoms with E-state index < -0.39 is 0 Å². The van der Waals surface area contributed by atoms with E-state index in [1.807, 2.05) is 24.4 Å². The first-order valence-corrected chi connectivity index (χ1v) is 15.0. The van der Waals surface area contributed by atoms with Crippen molar-refractivity contribution in [2.75, 3.05) is 0 Å². The lowest BCUT2D eigenvalue weighted by Gasteiger charge is -2.11.